The number of nitrogens with zero attached hydrogens (tertiary/aromatic N) is 3. The second-order valence-electron chi connectivity index (χ2n) is 8.85. The van der Waals surface area contributed by atoms with E-state index in [1.807, 2.05) is 12.1 Å². The average Bonchev–Trinajstić information content (AvgIpc) is 2.79. The van der Waals surface area contributed by atoms with E-state index in [2.05, 4.69) is 70.2 Å². The number of hydrogen-bond acceptors (Lipinski definition) is 3. The van der Waals surface area contributed by atoms with E-state index in [9.17, 15) is 4.79 Å². The second-order valence-corrected chi connectivity index (χ2v) is 8.85. The lowest BCUT2D eigenvalue weighted by Gasteiger charge is -2.51. The van der Waals surface area contributed by atoms with Crippen LogP contribution >= 0.6 is 0 Å². The number of amides is 1. The van der Waals surface area contributed by atoms with Crippen LogP contribution in [0.2, 0.25) is 0 Å². The maximum Gasteiger partial charge on any atom is 0.254 e. The topological polar surface area (TPSA) is 36.4 Å². The fraction of sp³-hybridized carbons (Fsp3) is 0.333. The molecule has 158 valence electrons. The van der Waals surface area contributed by atoms with Crippen LogP contribution in [0.4, 0.5) is 0 Å². The predicted molar refractivity (Wildman–Crippen MR) is 124 cm³/mol. The lowest BCUT2D eigenvalue weighted by molar-refractivity contribution is 0.0161. The highest BCUT2D eigenvalue weighted by Gasteiger charge is 2.41. The van der Waals surface area contributed by atoms with Crippen LogP contribution in [0.3, 0.4) is 0 Å². The van der Waals surface area contributed by atoms with Gasteiger partial charge in [-0.3, -0.25) is 14.7 Å². The zero-order valence-corrected chi connectivity index (χ0v) is 18.1. The van der Waals surface area contributed by atoms with Gasteiger partial charge in [0.25, 0.3) is 5.91 Å². The summed E-state index contributed by atoms with van der Waals surface area (Å²) < 4.78 is 0. The molecule has 2 fully saturated rings. The van der Waals surface area contributed by atoms with Crippen LogP contribution in [0.1, 0.15) is 40.2 Å². The van der Waals surface area contributed by atoms with Crippen molar-refractivity contribution >= 4 is 5.91 Å². The van der Waals surface area contributed by atoms with Crippen LogP contribution < -0.4 is 0 Å². The smallest absolute Gasteiger partial charge is 0.254 e. The van der Waals surface area contributed by atoms with Crippen LogP contribution in [0.5, 0.6) is 0 Å². The maximum atomic E-state index is 13.1. The van der Waals surface area contributed by atoms with Crippen molar-refractivity contribution < 1.29 is 4.79 Å². The molecule has 2 aliphatic heterocycles. The fourth-order valence-corrected chi connectivity index (χ4v) is 5.00. The number of fused-ring (bicyclic) bond motifs is 1. The molecule has 0 aliphatic carbocycles. The molecule has 2 saturated heterocycles. The monoisotopic (exact) mass is 411 g/mol. The highest BCUT2D eigenvalue weighted by atomic mass is 16.2. The van der Waals surface area contributed by atoms with Gasteiger partial charge in [0.2, 0.25) is 0 Å². The second kappa shape index (κ2) is 8.64. The van der Waals surface area contributed by atoms with Crippen LogP contribution in [-0.2, 0) is 0 Å². The first-order chi connectivity index (χ1) is 15.2. The number of aromatic nitrogens is 1. The molecule has 2 aliphatic rings. The molecule has 0 N–H and O–H groups in total. The molecule has 1 unspecified atom stereocenters. The Morgan fingerprint density at radius 2 is 1.68 bits per heavy atom. The van der Waals surface area contributed by atoms with Crippen LogP contribution in [0, 0.1) is 6.92 Å². The Labute approximate surface area is 184 Å². The summed E-state index contributed by atoms with van der Waals surface area (Å²) in [5.41, 5.74) is 5.93. The Morgan fingerprint density at radius 1 is 0.903 bits per heavy atom. The van der Waals surface area contributed by atoms with E-state index >= 15 is 0 Å². The summed E-state index contributed by atoms with van der Waals surface area (Å²) in [5, 5.41) is 0. The van der Waals surface area contributed by atoms with Gasteiger partial charge in [0.1, 0.15) is 0 Å². The molecular weight excluding hydrogens is 382 g/mol. The molecular formula is C27H29N3O. The van der Waals surface area contributed by atoms with Gasteiger partial charge >= 0.3 is 0 Å². The molecule has 4 nitrogen and oxygen atoms in total. The zero-order chi connectivity index (χ0) is 21.2. The van der Waals surface area contributed by atoms with Crippen molar-refractivity contribution in [2.24, 2.45) is 0 Å². The van der Waals surface area contributed by atoms with Gasteiger partial charge in [-0.2, -0.15) is 0 Å². The van der Waals surface area contributed by atoms with E-state index in [1.165, 1.54) is 22.3 Å². The van der Waals surface area contributed by atoms with Crippen molar-refractivity contribution in [3.8, 4) is 11.1 Å². The van der Waals surface area contributed by atoms with E-state index in [1.54, 1.807) is 12.4 Å². The molecule has 1 amide bonds. The van der Waals surface area contributed by atoms with Crippen LogP contribution in [-0.4, -0.2) is 52.9 Å². The standard InChI is InChI=1S/C27H29N3O/c1-20-5-4-6-24(17-20)21-7-9-22(10-8-21)25-18-29-15-2-3-16-30(19-26(25)29)27(31)23-11-13-28-14-12-23/h4-14,17,25-26H,2-3,15-16,18-19H2,1H3/t25-,26?/m1/s1. The third-order valence-electron chi connectivity index (χ3n) is 6.80. The third kappa shape index (κ3) is 4.13. The zero-order valence-electron chi connectivity index (χ0n) is 18.1. The van der Waals surface area contributed by atoms with E-state index in [0.717, 1.165) is 44.6 Å². The minimum atomic E-state index is 0.129. The van der Waals surface area contributed by atoms with E-state index in [0.29, 0.717) is 12.0 Å². The molecule has 5 rings (SSSR count). The van der Waals surface area contributed by atoms with Crippen molar-refractivity contribution in [1.29, 1.82) is 0 Å². The Hall–Kier alpha value is -2.98. The number of carbonyl (C=O) groups is 1. The Balaban J connectivity index is 1.33. The van der Waals surface area contributed by atoms with Crippen molar-refractivity contribution in [2.75, 3.05) is 26.2 Å². The summed E-state index contributed by atoms with van der Waals surface area (Å²) in [6.45, 7) is 6.00. The van der Waals surface area contributed by atoms with Gasteiger partial charge in [0, 0.05) is 49.6 Å². The minimum Gasteiger partial charge on any atom is -0.337 e. The number of pyridine rings is 1. The lowest BCUT2D eigenvalue weighted by atomic mass is 9.81. The first kappa shape index (κ1) is 20.0. The van der Waals surface area contributed by atoms with Gasteiger partial charge in [-0.15, -0.1) is 0 Å². The van der Waals surface area contributed by atoms with Crippen molar-refractivity contribution in [3.63, 3.8) is 0 Å². The van der Waals surface area contributed by atoms with Crippen LogP contribution in [0.25, 0.3) is 11.1 Å². The first-order valence-electron chi connectivity index (χ1n) is 11.3. The molecule has 2 aromatic carbocycles. The number of aryl methyl sites for hydroxylation is 1. The minimum absolute atomic E-state index is 0.129. The summed E-state index contributed by atoms with van der Waals surface area (Å²) in [4.78, 5) is 21.8. The normalized spacial score (nSPS) is 21.5. The molecule has 0 saturated carbocycles. The van der Waals surface area contributed by atoms with E-state index in [-0.39, 0.29) is 5.91 Å². The third-order valence-corrected chi connectivity index (χ3v) is 6.80. The maximum absolute atomic E-state index is 13.1. The Morgan fingerprint density at radius 3 is 2.45 bits per heavy atom. The summed E-state index contributed by atoms with van der Waals surface area (Å²) in [7, 11) is 0. The van der Waals surface area contributed by atoms with Gasteiger partial charge in [-0.1, -0.05) is 54.1 Å². The number of rotatable bonds is 3. The molecule has 2 atom stereocenters. The number of carbonyl (C=O) groups excluding carboxylic acids is 1. The fourth-order valence-electron chi connectivity index (χ4n) is 5.00. The molecule has 4 heteroatoms. The summed E-state index contributed by atoms with van der Waals surface area (Å²) in [6.07, 6.45) is 5.61. The summed E-state index contributed by atoms with van der Waals surface area (Å²) in [5.74, 6) is 0.613. The summed E-state index contributed by atoms with van der Waals surface area (Å²) in [6, 6.07) is 21.8. The molecule has 1 aromatic heterocycles. The number of benzene rings is 2. The van der Waals surface area contributed by atoms with E-state index < -0.39 is 0 Å². The Bertz CT molecular complexity index is 1050. The van der Waals surface area contributed by atoms with Gasteiger partial charge < -0.3 is 4.90 Å². The molecule has 31 heavy (non-hydrogen) atoms. The first-order valence-corrected chi connectivity index (χ1v) is 11.3. The van der Waals surface area contributed by atoms with Gasteiger partial charge in [-0.05, 0) is 55.1 Å². The average molecular weight is 412 g/mol. The van der Waals surface area contributed by atoms with Crippen molar-refractivity contribution in [3.05, 3.63) is 89.7 Å². The Kier molecular flexibility index (Phi) is 5.56. The molecule has 3 aromatic rings. The molecule has 0 radical (unpaired) electrons. The molecule has 0 bridgehead atoms. The van der Waals surface area contributed by atoms with E-state index in [4.69, 9.17) is 0 Å². The van der Waals surface area contributed by atoms with Crippen molar-refractivity contribution in [1.82, 2.24) is 14.8 Å². The largest absolute Gasteiger partial charge is 0.337 e. The summed E-state index contributed by atoms with van der Waals surface area (Å²) >= 11 is 0. The van der Waals surface area contributed by atoms with Gasteiger partial charge in [-0.25, -0.2) is 0 Å². The van der Waals surface area contributed by atoms with Crippen LogP contribution in [0.15, 0.2) is 73.1 Å². The quantitative estimate of drug-likeness (QED) is 0.623. The molecule has 3 heterocycles. The van der Waals surface area contributed by atoms with Gasteiger partial charge in [0.15, 0.2) is 0 Å². The number of hydrogen-bond donors (Lipinski definition) is 0. The lowest BCUT2D eigenvalue weighted by Crippen LogP contribution is -2.60. The highest BCUT2D eigenvalue weighted by Crippen LogP contribution is 2.37. The van der Waals surface area contributed by atoms with Gasteiger partial charge in [0.05, 0.1) is 0 Å². The highest BCUT2D eigenvalue weighted by molar-refractivity contribution is 5.94. The molecule has 0 spiro atoms. The predicted octanol–water partition coefficient (Wildman–Crippen LogP) is 4.76. The SMILES string of the molecule is Cc1cccc(-c2ccc([C@H]3CN4CCCCN(C(=O)c5ccncc5)CC34)cc2)c1. The van der Waals surface area contributed by atoms with Crippen molar-refractivity contribution in [2.45, 2.75) is 31.7 Å².